The average molecular weight is 358 g/mol. The van der Waals surface area contributed by atoms with Gasteiger partial charge in [-0.25, -0.2) is 0 Å². The molecule has 130 valence electrons. The summed E-state index contributed by atoms with van der Waals surface area (Å²) in [6.45, 7) is 3.21. The highest BCUT2D eigenvalue weighted by molar-refractivity contribution is 5.86. The summed E-state index contributed by atoms with van der Waals surface area (Å²) in [7, 11) is 4.26. The number of hydrogen-bond donors (Lipinski definition) is 2. The third kappa shape index (κ3) is 5.12. The second kappa shape index (κ2) is 9.53. The molecule has 0 radical (unpaired) electrons. The fourth-order valence-electron chi connectivity index (χ4n) is 3.32. The average Bonchev–Trinajstić information content (AvgIpc) is 2.84. The molecule has 0 saturated heterocycles. The summed E-state index contributed by atoms with van der Waals surface area (Å²) in [6, 6.07) is 6.89. The van der Waals surface area contributed by atoms with Crippen molar-refractivity contribution in [1.82, 2.24) is 15.2 Å². The maximum atomic E-state index is 3.61. The Hall–Kier alpha value is -0.740. The molecule has 1 aromatic heterocycles. The van der Waals surface area contributed by atoms with E-state index in [9.17, 15) is 0 Å². The lowest BCUT2D eigenvalue weighted by Gasteiger charge is -2.11. The summed E-state index contributed by atoms with van der Waals surface area (Å²) in [4.78, 5) is 5.84. The number of halogens is 2. The smallest absolute Gasteiger partial charge is 0.0459 e. The van der Waals surface area contributed by atoms with Crippen molar-refractivity contribution in [2.45, 2.75) is 38.6 Å². The fraction of sp³-hybridized carbons (Fsp3) is 0.556. The van der Waals surface area contributed by atoms with Gasteiger partial charge in [0.1, 0.15) is 0 Å². The molecule has 1 aliphatic rings. The first-order valence-corrected chi connectivity index (χ1v) is 8.22. The van der Waals surface area contributed by atoms with Crippen molar-refractivity contribution in [3.8, 4) is 0 Å². The minimum atomic E-state index is 0. The van der Waals surface area contributed by atoms with Gasteiger partial charge in [-0.3, -0.25) is 0 Å². The minimum absolute atomic E-state index is 0. The van der Waals surface area contributed by atoms with Crippen LogP contribution in [0.1, 0.15) is 36.1 Å². The molecule has 0 bridgehead atoms. The van der Waals surface area contributed by atoms with Gasteiger partial charge in [0.25, 0.3) is 0 Å². The number of fused-ring (bicyclic) bond motifs is 3. The Morgan fingerprint density at radius 1 is 1.13 bits per heavy atom. The van der Waals surface area contributed by atoms with Gasteiger partial charge in [-0.1, -0.05) is 6.07 Å². The summed E-state index contributed by atoms with van der Waals surface area (Å²) in [5, 5.41) is 5.01. The maximum absolute atomic E-state index is 3.61. The zero-order valence-corrected chi connectivity index (χ0v) is 15.8. The van der Waals surface area contributed by atoms with Crippen molar-refractivity contribution in [1.29, 1.82) is 0 Å². The summed E-state index contributed by atoms with van der Waals surface area (Å²) < 4.78 is 0. The number of aromatic nitrogens is 1. The molecular formula is C18H29Cl2N3. The monoisotopic (exact) mass is 357 g/mol. The maximum Gasteiger partial charge on any atom is 0.0459 e. The summed E-state index contributed by atoms with van der Waals surface area (Å²) in [6.07, 6.45) is 6.35. The van der Waals surface area contributed by atoms with E-state index in [1.165, 1.54) is 54.3 Å². The van der Waals surface area contributed by atoms with Crippen LogP contribution in [-0.4, -0.2) is 37.1 Å². The van der Waals surface area contributed by atoms with E-state index in [0.717, 1.165) is 19.6 Å². The Morgan fingerprint density at radius 2 is 1.91 bits per heavy atom. The van der Waals surface area contributed by atoms with Gasteiger partial charge in [0.2, 0.25) is 0 Å². The minimum Gasteiger partial charge on any atom is -0.358 e. The number of nitrogens with zero attached hydrogens (tertiary/aromatic N) is 1. The Labute approximate surface area is 152 Å². The molecular weight excluding hydrogens is 329 g/mol. The van der Waals surface area contributed by atoms with Gasteiger partial charge < -0.3 is 15.2 Å². The van der Waals surface area contributed by atoms with Crippen LogP contribution in [0.5, 0.6) is 0 Å². The molecule has 1 heterocycles. The first-order chi connectivity index (χ1) is 10.2. The Morgan fingerprint density at radius 3 is 2.70 bits per heavy atom. The highest BCUT2D eigenvalue weighted by atomic mass is 35.5. The summed E-state index contributed by atoms with van der Waals surface area (Å²) in [5.74, 6) is 0. The lowest BCUT2D eigenvalue weighted by atomic mass is 9.95. The van der Waals surface area contributed by atoms with Crippen molar-refractivity contribution in [3.63, 3.8) is 0 Å². The molecule has 1 aromatic carbocycles. The molecule has 2 aromatic rings. The van der Waals surface area contributed by atoms with Gasteiger partial charge in [-0.2, -0.15) is 0 Å². The number of rotatable bonds is 6. The van der Waals surface area contributed by atoms with Gasteiger partial charge in [0.15, 0.2) is 0 Å². The van der Waals surface area contributed by atoms with Crippen LogP contribution in [0.2, 0.25) is 0 Å². The number of H-pyrrole nitrogens is 1. The third-order valence-corrected chi connectivity index (χ3v) is 4.45. The Balaban J connectivity index is 0.00000132. The number of benzene rings is 1. The number of hydrogen-bond acceptors (Lipinski definition) is 2. The molecule has 3 rings (SSSR count). The molecule has 0 fully saturated rings. The standard InChI is InChI=1S/C18H27N3.2ClH/c1-21(2)11-5-10-19-13-14-8-9-18-16(12-14)15-6-3-4-7-17(15)20-18;;/h8-9,12,19-20H,3-7,10-11,13H2,1-2H3;2*1H. The van der Waals surface area contributed by atoms with E-state index >= 15 is 0 Å². The van der Waals surface area contributed by atoms with E-state index in [1.54, 1.807) is 5.56 Å². The molecule has 2 N–H and O–H groups in total. The summed E-state index contributed by atoms with van der Waals surface area (Å²) >= 11 is 0. The predicted molar refractivity (Wildman–Crippen MR) is 104 cm³/mol. The van der Waals surface area contributed by atoms with E-state index in [-0.39, 0.29) is 24.8 Å². The number of aromatic amines is 1. The Bertz CT molecular complexity index is 608. The lowest BCUT2D eigenvalue weighted by Crippen LogP contribution is -2.20. The summed E-state index contributed by atoms with van der Waals surface area (Å²) in [5.41, 5.74) is 5.77. The fourth-order valence-corrected chi connectivity index (χ4v) is 3.32. The van der Waals surface area contributed by atoms with Crippen LogP contribution in [0.4, 0.5) is 0 Å². The zero-order chi connectivity index (χ0) is 14.7. The zero-order valence-electron chi connectivity index (χ0n) is 14.2. The van der Waals surface area contributed by atoms with Gasteiger partial charge in [-0.05, 0) is 82.5 Å². The van der Waals surface area contributed by atoms with Gasteiger partial charge in [0.05, 0.1) is 0 Å². The van der Waals surface area contributed by atoms with Crippen molar-refractivity contribution >= 4 is 35.7 Å². The molecule has 0 amide bonds. The van der Waals surface area contributed by atoms with Crippen molar-refractivity contribution in [3.05, 3.63) is 35.0 Å². The molecule has 0 unspecified atom stereocenters. The van der Waals surface area contributed by atoms with E-state index in [2.05, 4.69) is 47.5 Å². The molecule has 0 spiro atoms. The molecule has 23 heavy (non-hydrogen) atoms. The SMILES string of the molecule is CN(C)CCCNCc1ccc2[nH]c3c(c2c1)CCCC3.Cl.Cl. The van der Waals surface area contributed by atoms with Crippen LogP contribution in [0.15, 0.2) is 18.2 Å². The van der Waals surface area contributed by atoms with Crippen LogP contribution in [0.25, 0.3) is 10.9 Å². The number of nitrogens with one attached hydrogen (secondary N) is 2. The Kier molecular flexibility index (Phi) is 8.41. The predicted octanol–water partition coefficient (Wildman–Crippen LogP) is 3.93. The van der Waals surface area contributed by atoms with Crippen molar-refractivity contribution in [2.24, 2.45) is 0 Å². The van der Waals surface area contributed by atoms with Crippen molar-refractivity contribution < 1.29 is 0 Å². The molecule has 5 heteroatoms. The largest absolute Gasteiger partial charge is 0.358 e. The van der Waals surface area contributed by atoms with E-state index in [1.807, 2.05) is 0 Å². The molecule has 3 nitrogen and oxygen atoms in total. The van der Waals surface area contributed by atoms with Crippen LogP contribution in [0.3, 0.4) is 0 Å². The van der Waals surface area contributed by atoms with Crippen molar-refractivity contribution in [2.75, 3.05) is 27.2 Å². The van der Waals surface area contributed by atoms with Crippen LogP contribution in [-0.2, 0) is 19.4 Å². The molecule has 1 aliphatic carbocycles. The lowest BCUT2D eigenvalue weighted by molar-refractivity contribution is 0.394. The topological polar surface area (TPSA) is 31.1 Å². The van der Waals surface area contributed by atoms with Crippen LogP contribution < -0.4 is 5.32 Å². The van der Waals surface area contributed by atoms with E-state index < -0.39 is 0 Å². The highest BCUT2D eigenvalue weighted by Crippen LogP contribution is 2.29. The normalized spacial score (nSPS) is 13.5. The second-order valence-electron chi connectivity index (χ2n) is 6.50. The van der Waals surface area contributed by atoms with Crippen LogP contribution >= 0.6 is 24.8 Å². The van der Waals surface area contributed by atoms with Gasteiger partial charge in [-0.15, -0.1) is 24.8 Å². The molecule has 0 aliphatic heterocycles. The van der Waals surface area contributed by atoms with Crippen LogP contribution in [0, 0.1) is 0 Å². The van der Waals surface area contributed by atoms with Gasteiger partial charge >= 0.3 is 0 Å². The molecule has 0 atom stereocenters. The quantitative estimate of drug-likeness (QED) is 0.767. The first-order valence-electron chi connectivity index (χ1n) is 8.22. The van der Waals surface area contributed by atoms with E-state index in [4.69, 9.17) is 0 Å². The highest BCUT2D eigenvalue weighted by Gasteiger charge is 2.15. The second-order valence-corrected chi connectivity index (χ2v) is 6.50. The third-order valence-electron chi connectivity index (χ3n) is 4.45. The number of aryl methyl sites for hydroxylation is 2. The van der Waals surface area contributed by atoms with E-state index in [0.29, 0.717) is 0 Å². The molecule has 0 saturated carbocycles. The first kappa shape index (κ1) is 20.3. The van der Waals surface area contributed by atoms with Gasteiger partial charge in [0, 0.05) is 23.1 Å².